The first kappa shape index (κ1) is 20.0. The number of non-ortho nitro benzene ring substituents is 1. The van der Waals surface area contributed by atoms with E-state index < -0.39 is 10.9 Å². The predicted octanol–water partition coefficient (Wildman–Crippen LogP) is 4.83. The van der Waals surface area contributed by atoms with Crippen molar-refractivity contribution in [2.24, 2.45) is 4.99 Å². The van der Waals surface area contributed by atoms with E-state index in [-0.39, 0.29) is 23.9 Å². The van der Waals surface area contributed by atoms with E-state index in [2.05, 4.69) is 4.99 Å². The van der Waals surface area contributed by atoms with Crippen LogP contribution in [0.15, 0.2) is 83.5 Å². The van der Waals surface area contributed by atoms with Gasteiger partial charge < -0.3 is 9.47 Å². The van der Waals surface area contributed by atoms with Crippen LogP contribution in [-0.4, -0.2) is 16.8 Å². The average Bonchev–Trinajstić information content (AvgIpc) is 3.13. The minimum absolute atomic E-state index is 0.00303. The predicted molar refractivity (Wildman–Crippen MR) is 116 cm³/mol. The molecule has 0 bridgehead atoms. The van der Waals surface area contributed by atoms with Crippen LogP contribution in [0.3, 0.4) is 0 Å². The van der Waals surface area contributed by atoms with Gasteiger partial charge in [-0.2, -0.15) is 0 Å². The first-order chi connectivity index (χ1) is 15.0. The molecule has 7 nitrogen and oxygen atoms in total. The average molecular weight is 414 g/mol. The van der Waals surface area contributed by atoms with E-state index in [0.717, 1.165) is 11.1 Å². The van der Waals surface area contributed by atoms with E-state index in [1.807, 2.05) is 37.3 Å². The number of carbonyl (C=O) groups is 1. The summed E-state index contributed by atoms with van der Waals surface area (Å²) < 4.78 is 11.2. The summed E-state index contributed by atoms with van der Waals surface area (Å²) in [7, 11) is 0. The Morgan fingerprint density at radius 3 is 2.65 bits per heavy atom. The summed E-state index contributed by atoms with van der Waals surface area (Å²) >= 11 is 0. The second kappa shape index (κ2) is 8.62. The zero-order valence-corrected chi connectivity index (χ0v) is 16.6. The zero-order chi connectivity index (χ0) is 21.8. The van der Waals surface area contributed by atoms with Gasteiger partial charge in [-0.15, -0.1) is 0 Å². The van der Waals surface area contributed by atoms with Crippen LogP contribution in [-0.2, 0) is 16.1 Å². The molecule has 154 valence electrons. The molecule has 0 N–H and O–H groups in total. The molecule has 0 fully saturated rings. The SMILES string of the molecule is Cc1ccccc1C1=N/C(=C\c2ccccc2OCc2cccc([N+](=O)[O-])c2)C(=O)O1. The number of esters is 1. The molecule has 1 aliphatic heterocycles. The van der Waals surface area contributed by atoms with Crippen LogP contribution in [0, 0.1) is 17.0 Å². The van der Waals surface area contributed by atoms with Gasteiger partial charge in [-0.1, -0.05) is 48.5 Å². The van der Waals surface area contributed by atoms with Crippen molar-refractivity contribution in [1.29, 1.82) is 0 Å². The van der Waals surface area contributed by atoms with Crippen molar-refractivity contribution < 1.29 is 19.2 Å². The number of hydrogen-bond donors (Lipinski definition) is 0. The van der Waals surface area contributed by atoms with Gasteiger partial charge in [0.05, 0.1) is 4.92 Å². The number of ether oxygens (including phenoxy) is 2. The highest BCUT2D eigenvalue weighted by Crippen LogP contribution is 2.26. The van der Waals surface area contributed by atoms with Gasteiger partial charge in [0.25, 0.3) is 5.69 Å². The van der Waals surface area contributed by atoms with Crippen molar-refractivity contribution in [2.45, 2.75) is 13.5 Å². The molecule has 0 unspecified atom stereocenters. The molecule has 1 heterocycles. The van der Waals surface area contributed by atoms with Crippen molar-refractivity contribution in [3.8, 4) is 5.75 Å². The topological polar surface area (TPSA) is 91.0 Å². The highest BCUT2D eigenvalue weighted by Gasteiger charge is 2.25. The van der Waals surface area contributed by atoms with Crippen molar-refractivity contribution >= 4 is 23.6 Å². The molecule has 7 heteroatoms. The lowest BCUT2D eigenvalue weighted by molar-refractivity contribution is -0.384. The van der Waals surface area contributed by atoms with Crippen LogP contribution in [0.5, 0.6) is 5.75 Å². The number of para-hydroxylation sites is 1. The van der Waals surface area contributed by atoms with Gasteiger partial charge in [-0.25, -0.2) is 9.79 Å². The summed E-state index contributed by atoms with van der Waals surface area (Å²) in [4.78, 5) is 27.2. The monoisotopic (exact) mass is 414 g/mol. The minimum atomic E-state index is -0.535. The molecule has 31 heavy (non-hydrogen) atoms. The van der Waals surface area contributed by atoms with E-state index in [1.165, 1.54) is 12.1 Å². The number of aliphatic imine (C=N–C) groups is 1. The summed E-state index contributed by atoms with van der Waals surface area (Å²) in [6.07, 6.45) is 1.61. The summed E-state index contributed by atoms with van der Waals surface area (Å²) in [5.41, 5.74) is 3.20. The Bertz CT molecular complexity index is 1230. The molecular weight excluding hydrogens is 396 g/mol. The van der Waals surface area contributed by atoms with Crippen LogP contribution >= 0.6 is 0 Å². The number of carbonyl (C=O) groups excluding carboxylic acids is 1. The van der Waals surface area contributed by atoms with Gasteiger partial charge in [-0.3, -0.25) is 10.1 Å². The highest BCUT2D eigenvalue weighted by molar-refractivity contribution is 6.13. The first-order valence-corrected chi connectivity index (χ1v) is 9.55. The van der Waals surface area contributed by atoms with Crippen LogP contribution in [0.25, 0.3) is 6.08 Å². The van der Waals surface area contributed by atoms with Crippen molar-refractivity contribution in [1.82, 2.24) is 0 Å². The molecule has 4 rings (SSSR count). The highest BCUT2D eigenvalue weighted by atomic mass is 16.6. The number of nitrogens with zero attached hydrogens (tertiary/aromatic N) is 2. The summed E-state index contributed by atoms with van der Waals surface area (Å²) in [5.74, 6) is 0.255. The van der Waals surface area contributed by atoms with Gasteiger partial charge in [0, 0.05) is 23.3 Å². The lowest BCUT2D eigenvalue weighted by Gasteiger charge is -2.09. The fourth-order valence-corrected chi connectivity index (χ4v) is 3.14. The molecule has 3 aromatic carbocycles. The number of nitro benzene ring substituents is 1. The summed E-state index contributed by atoms with van der Waals surface area (Å²) in [6.45, 7) is 2.06. The minimum Gasteiger partial charge on any atom is -0.488 e. The maximum absolute atomic E-state index is 12.4. The van der Waals surface area contributed by atoms with Crippen molar-refractivity contribution in [3.63, 3.8) is 0 Å². The second-order valence-electron chi connectivity index (χ2n) is 6.90. The van der Waals surface area contributed by atoms with E-state index >= 15 is 0 Å². The largest absolute Gasteiger partial charge is 0.488 e. The molecule has 0 saturated carbocycles. The van der Waals surface area contributed by atoms with Crippen LogP contribution in [0.2, 0.25) is 0 Å². The smallest absolute Gasteiger partial charge is 0.363 e. The third kappa shape index (κ3) is 4.51. The fourth-order valence-electron chi connectivity index (χ4n) is 3.14. The van der Waals surface area contributed by atoms with Gasteiger partial charge >= 0.3 is 5.97 Å². The van der Waals surface area contributed by atoms with E-state index in [0.29, 0.717) is 16.9 Å². The second-order valence-corrected chi connectivity index (χ2v) is 6.90. The fraction of sp³-hybridized carbons (Fsp3) is 0.0833. The molecule has 0 atom stereocenters. The summed E-state index contributed by atoms with van der Waals surface area (Å²) in [5, 5.41) is 11.0. The van der Waals surface area contributed by atoms with Gasteiger partial charge in [0.15, 0.2) is 5.70 Å². The molecule has 0 saturated heterocycles. The number of cyclic esters (lactones) is 1. The Balaban J connectivity index is 1.58. The maximum atomic E-state index is 12.4. The number of rotatable bonds is 6. The number of nitro groups is 1. The third-order valence-corrected chi connectivity index (χ3v) is 4.72. The Kier molecular flexibility index (Phi) is 5.57. The van der Waals surface area contributed by atoms with Crippen molar-refractivity contribution in [2.75, 3.05) is 0 Å². The van der Waals surface area contributed by atoms with Crippen LogP contribution in [0.4, 0.5) is 5.69 Å². The molecule has 0 spiro atoms. The zero-order valence-electron chi connectivity index (χ0n) is 16.6. The maximum Gasteiger partial charge on any atom is 0.363 e. The normalized spacial score (nSPS) is 14.3. The Labute approximate surface area is 178 Å². The quantitative estimate of drug-likeness (QED) is 0.249. The Hall–Kier alpha value is -4.26. The molecule has 0 aromatic heterocycles. The van der Waals surface area contributed by atoms with E-state index in [9.17, 15) is 14.9 Å². The Morgan fingerprint density at radius 2 is 1.84 bits per heavy atom. The molecule has 0 aliphatic carbocycles. The standard InChI is InChI=1S/C24H18N2O5/c1-16-7-2-4-11-20(16)23-25-21(24(27)31-23)14-18-9-3-5-12-22(18)30-15-17-8-6-10-19(13-17)26(28)29/h2-14H,15H2,1H3/b21-14-. The van der Waals surface area contributed by atoms with Gasteiger partial charge in [0.2, 0.25) is 5.90 Å². The van der Waals surface area contributed by atoms with Crippen LogP contribution in [0.1, 0.15) is 22.3 Å². The van der Waals surface area contributed by atoms with E-state index in [1.54, 1.807) is 36.4 Å². The van der Waals surface area contributed by atoms with Gasteiger partial charge in [-0.05, 0) is 36.3 Å². The number of benzene rings is 3. The molecular formula is C24H18N2O5. The van der Waals surface area contributed by atoms with Crippen molar-refractivity contribution in [3.05, 3.63) is 111 Å². The van der Waals surface area contributed by atoms with Gasteiger partial charge in [0.1, 0.15) is 12.4 Å². The first-order valence-electron chi connectivity index (χ1n) is 9.55. The van der Waals surface area contributed by atoms with Crippen LogP contribution < -0.4 is 4.74 Å². The third-order valence-electron chi connectivity index (χ3n) is 4.72. The molecule has 0 amide bonds. The Morgan fingerprint density at radius 1 is 1.06 bits per heavy atom. The molecule has 0 radical (unpaired) electrons. The lowest BCUT2D eigenvalue weighted by Crippen LogP contribution is -2.06. The molecule has 3 aromatic rings. The lowest BCUT2D eigenvalue weighted by atomic mass is 10.1. The number of hydrogen-bond acceptors (Lipinski definition) is 6. The summed E-state index contributed by atoms with van der Waals surface area (Å²) in [6, 6.07) is 21.0. The molecule has 1 aliphatic rings. The van der Waals surface area contributed by atoms with E-state index in [4.69, 9.17) is 9.47 Å². The number of aryl methyl sites for hydroxylation is 1.